The highest BCUT2D eigenvalue weighted by molar-refractivity contribution is 6.17. The SMILES string of the molecule is CCC(C)(CCCl)NC(=O)C1CCCO1. The summed E-state index contributed by atoms with van der Waals surface area (Å²) in [5.74, 6) is 0.581. The van der Waals surface area contributed by atoms with Gasteiger partial charge in [-0.1, -0.05) is 6.92 Å². The molecule has 1 N–H and O–H groups in total. The second-order valence-electron chi connectivity index (χ2n) is 4.34. The lowest BCUT2D eigenvalue weighted by atomic mass is 9.95. The van der Waals surface area contributed by atoms with Crippen LogP contribution in [0.5, 0.6) is 0 Å². The number of ether oxygens (including phenoxy) is 1. The lowest BCUT2D eigenvalue weighted by Gasteiger charge is -2.30. The van der Waals surface area contributed by atoms with E-state index in [9.17, 15) is 4.79 Å². The van der Waals surface area contributed by atoms with Crippen molar-refractivity contribution in [2.24, 2.45) is 0 Å². The number of hydrogen-bond acceptors (Lipinski definition) is 2. The number of hydrogen-bond donors (Lipinski definition) is 1. The maximum Gasteiger partial charge on any atom is 0.249 e. The lowest BCUT2D eigenvalue weighted by Crippen LogP contribution is -2.49. The predicted octanol–water partition coefficient (Wildman–Crippen LogP) is 2.08. The highest BCUT2D eigenvalue weighted by Crippen LogP contribution is 2.18. The zero-order valence-corrected chi connectivity index (χ0v) is 10.3. The Morgan fingerprint density at radius 2 is 2.40 bits per heavy atom. The molecule has 3 nitrogen and oxygen atoms in total. The van der Waals surface area contributed by atoms with Gasteiger partial charge in [0.2, 0.25) is 5.91 Å². The quantitative estimate of drug-likeness (QED) is 0.739. The molecular formula is C11H20ClNO2. The summed E-state index contributed by atoms with van der Waals surface area (Å²) < 4.78 is 5.34. The van der Waals surface area contributed by atoms with Crippen LogP contribution in [0.25, 0.3) is 0 Å². The van der Waals surface area contributed by atoms with Crippen molar-refractivity contribution in [3.8, 4) is 0 Å². The van der Waals surface area contributed by atoms with E-state index in [1.165, 1.54) is 0 Å². The Kier molecular flexibility index (Phi) is 4.87. The van der Waals surface area contributed by atoms with Crippen molar-refractivity contribution < 1.29 is 9.53 Å². The number of rotatable bonds is 5. The van der Waals surface area contributed by atoms with Crippen LogP contribution in [0.3, 0.4) is 0 Å². The molecule has 1 amide bonds. The average Bonchev–Trinajstić information content (AvgIpc) is 2.71. The molecule has 1 saturated heterocycles. The molecule has 0 aromatic carbocycles. The molecule has 0 aromatic rings. The van der Waals surface area contributed by atoms with Gasteiger partial charge in [0.15, 0.2) is 0 Å². The lowest BCUT2D eigenvalue weighted by molar-refractivity contribution is -0.132. The van der Waals surface area contributed by atoms with Crippen LogP contribution in [-0.4, -0.2) is 30.0 Å². The molecule has 0 bridgehead atoms. The van der Waals surface area contributed by atoms with Crippen molar-refractivity contribution in [2.75, 3.05) is 12.5 Å². The van der Waals surface area contributed by atoms with Crippen LogP contribution in [-0.2, 0) is 9.53 Å². The summed E-state index contributed by atoms with van der Waals surface area (Å²) in [5.41, 5.74) is -0.190. The molecule has 1 fully saturated rings. The van der Waals surface area contributed by atoms with E-state index in [2.05, 4.69) is 12.2 Å². The van der Waals surface area contributed by atoms with Crippen molar-refractivity contribution in [3.05, 3.63) is 0 Å². The van der Waals surface area contributed by atoms with Crippen LogP contribution in [0.1, 0.15) is 39.5 Å². The number of nitrogens with one attached hydrogen (secondary N) is 1. The van der Waals surface area contributed by atoms with Gasteiger partial charge < -0.3 is 10.1 Å². The molecule has 0 saturated carbocycles. The smallest absolute Gasteiger partial charge is 0.249 e. The van der Waals surface area contributed by atoms with E-state index in [0.29, 0.717) is 12.5 Å². The van der Waals surface area contributed by atoms with E-state index in [1.54, 1.807) is 0 Å². The van der Waals surface area contributed by atoms with Crippen molar-refractivity contribution in [1.29, 1.82) is 0 Å². The van der Waals surface area contributed by atoms with Crippen LogP contribution in [0, 0.1) is 0 Å². The second kappa shape index (κ2) is 5.71. The Balaban J connectivity index is 2.46. The van der Waals surface area contributed by atoms with Gasteiger partial charge in [0.25, 0.3) is 0 Å². The molecule has 4 heteroatoms. The van der Waals surface area contributed by atoms with Crippen LogP contribution in [0.15, 0.2) is 0 Å². The Bertz CT molecular complexity index is 217. The molecule has 1 heterocycles. The highest BCUT2D eigenvalue weighted by atomic mass is 35.5. The third-order valence-electron chi connectivity index (χ3n) is 3.07. The van der Waals surface area contributed by atoms with Crippen LogP contribution in [0.4, 0.5) is 0 Å². The summed E-state index contributed by atoms with van der Waals surface area (Å²) >= 11 is 5.73. The van der Waals surface area contributed by atoms with Gasteiger partial charge in [-0.15, -0.1) is 11.6 Å². The molecule has 2 unspecified atom stereocenters. The van der Waals surface area contributed by atoms with Crippen molar-refractivity contribution >= 4 is 17.5 Å². The fourth-order valence-electron chi connectivity index (χ4n) is 1.70. The van der Waals surface area contributed by atoms with Gasteiger partial charge in [0.1, 0.15) is 6.10 Å². The largest absolute Gasteiger partial charge is 0.368 e. The molecule has 0 aromatic heterocycles. The average molecular weight is 234 g/mol. The minimum absolute atomic E-state index is 0.0157. The first-order valence-corrected chi connectivity index (χ1v) is 6.14. The normalized spacial score (nSPS) is 24.9. The Hall–Kier alpha value is -0.280. The minimum Gasteiger partial charge on any atom is -0.368 e. The number of carbonyl (C=O) groups is 1. The highest BCUT2D eigenvalue weighted by Gasteiger charge is 2.29. The Labute approximate surface area is 96.5 Å². The standard InChI is InChI=1S/C11H20ClNO2/c1-3-11(2,6-7-12)13-10(14)9-5-4-8-15-9/h9H,3-8H2,1-2H3,(H,13,14). The van der Waals surface area contributed by atoms with Crippen molar-refractivity contribution in [1.82, 2.24) is 5.32 Å². The zero-order valence-electron chi connectivity index (χ0n) is 9.51. The summed E-state index contributed by atoms with van der Waals surface area (Å²) in [6.45, 7) is 4.79. The fourth-order valence-corrected chi connectivity index (χ4v) is 2.12. The Morgan fingerprint density at radius 1 is 1.67 bits per heavy atom. The van der Waals surface area contributed by atoms with Gasteiger partial charge in [-0.3, -0.25) is 4.79 Å². The van der Waals surface area contributed by atoms with E-state index >= 15 is 0 Å². The molecule has 2 atom stereocenters. The molecule has 1 aliphatic rings. The molecule has 0 aliphatic carbocycles. The van der Waals surface area contributed by atoms with Crippen molar-refractivity contribution in [2.45, 2.75) is 51.2 Å². The maximum atomic E-state index is 11.8. The second-order valence-corrected chi connectivity index (χ2v) is 4.72. The van der Waals surface area contributed by atoms with E-state index in [0.717, 1.165) is 25.7 Å². The summed E-state index contributed by atoms with van der Waals surface area (Å²) in [5, 5.41) is 3.04. The van der Waals surface area contributed by atoms with Gasteiger partial charge in [0, 0.05) is 18.0 Å². The van der Waals surface area contributed by atoms with E-state index < -0.39 is 0 Å². The first-order chi connectivity index (χ1) is 7.11. The first-order valence-electron chi connectivity index (χ1n) is 5.61. The minimum atomic E-state index is -0.244. The Morgan fingerprint density at radius 3 is 2.87 bits per heavy atom. The predicted molar refractivity (Wildman–Crippen MR) is 61.1 cm³/mol. The zero-order chi connectivity index (χ0) is 11.3. The molecule has 15 heavy (non-hydrogen) atoms. The molecule has 88 valence electrons. The van der Waals surface area contributed by atoms with E-state index in [-0.39, 0.29) is 17.6 Å². The summed E-state index contributed by atoms with van der Waals surface area (Å²) in [6, 6.07) is 0. The van der Waals surface area contributed by atoms with Gasteiger partial charge in [0.05, 0.1) is 0 Å². The van der Waals surface area contributed by atoms with Crippen molar-refractivity contribution in [3.63, 3.8) is 0 Å². The van der Waals surface area contributed by atoms with Gasteiger partial charge in [-0.2, -0.15) is 0 Å². The summed E-state index contributed by atoms with van der Waals surface area (Å²) in [6.07, 6.45) is 3.26. The molecule has 1 aliphatic heterocycles. The summed E-state index contributed by atoms with van der Waals surface area (Å²) in [4.78, 5) is 11.8. The third kappa shape index (κ3) is 3.65. The maximum absolute atomic E-state index is 11.8. The van der Waals surface area contributed by atoms with Crippen LogP contribution < -0.4 is 5.32 Å². The number of carbonyl (C=O) groups excluding carboxylic acids is 1. The molecule has 1 rings (SSSR count). The third-order valence-corrected chi connectivity index (χ3v) is 3.26. The fraction of sp³-hybridized carbons (Fsp3) is 0.909. The van der Waals surface area contributed by atoms with E-state index in [1.807, 2.05) is 6.92 Å². The van der Waals surface area contributed by atoms with Crippen LogP contribution in [0.2, 0.25) is 0 Å². The number of amides is 1. The number of alkyl halides is 1. The topological polar surface area (TPSA) is 38.3 Å². The molecular weight excluding hydrogens is 214 g/mol. The van der Waals surface area contributed by atoms with Gasteiger partial charge in [-0.05, 0) is 32.6 Å². The van der Waals surface area contributed by atoms with Crippen LogP contribution >= 0.6 is 11.6 Å². The number of halogens is 1. The summed E-state index contributed by atoms with van der Waals surface area (Å²) in [7, 11) is 0. The van der Waals surface area contributed by atoms with Gasteiger partial charge in [-0.25, -0.2) is 0 Å². The van der Waals surface area contributed by atoms with Gasteiger partial charge >= 0.3 is 0 Å². The van der Waals surface area contributed by atoms with E-state index in [4.69, 9.17) is 16.3 Å². The molecule has 0 radical (unpaired) electrons. The first kappa shape index (κ1) is 12.8. The molecule has 0 spiro atoms. The monoisotopic (exact) mass is 233 g/mol.